The summed E-state index contributed by atoms with van der Waals surface area (Å²) < 4.78 is 11.8. The predicted octanol–water partition coefficient (Wildman–Crippen LogP) is 3.11. The average Bonchev–Trinajstić information content (AvgIpc) is 2.51. The number of hydrogen-bond donors (Lipinski definition) is 0. The lowest BCUT2D eigenvalue weighted by Gasteiger charge is -2.18. The average molecular weight is 218 g/mol. The molecule has 0 atom stereocenters. The molecule has 16 heavy (non-hydrogen) atoms. The first kappa shape index (κ1) is 10.0. The number of benzene rings is 1. The first-order valence-electron chi connectivity index (χ1n) is 5.89. The third kappa shape index (κ3) is 1.48. The first-order valence-corrected chi connectivity index (χ1v) is 5.89. The zero-order chi connectivity index (χ0) is 11.6. The molecule has 0 aliphatic carbocycles. The van der Waals surface area contributed by atoms with Crippen LogP contribution in [0.15, 0.2) is 12.1 Å². The molecule has 1 aromatic rings. The molecule has 0 aromatic heterocycles. The number of fused-ring (bicyclic) bond motifs is 2. The van der Waals surface area contributed by atoms with Crippen molar-refractivity contribution in [3.05, 3.63) is 23.3 Å². The Hall–Kier alpha value is -1.18. The molecule has 0 spiro atoms. The molecule has 2 heteroatoms. The monoisotopic (exact) mass is 218 g/mol. The fourth-order valence-electron chi connectivity index (χ4n) is 2.71. The van der Waals surface area contributed by atoms with Gasteiger partial charge in [-0.15, -0.1) is 0 Å². The third-order valence-electron chi connectivity index (χ3n) is 3.25. The predicted molar refractivity (Wildman–Crippen MR) is 63.3 cm³/mol. The van der Waals surface area contributed by atoms with E-state index in [4.69, 9.17) is 9.47 Å². The van der Waals surface area contributed by atoms with Gasteiger partial charge in [-0.3, -0.25) is 0 Å². The molecule has 2 aliphatic heterocycles. The Morgan fingerprint density at radius 2 is 1.25 bits per heavy atom. The van der Waals surface area contributed by atoms with Crippen molar-refractivity contribution in [3.63, 3.8) is 0 Å². The third-order valence-corrected chi connectivity index (χ3v) is 3.25. The first-order chi connectivity index (χ1) is 7.35. The van der Waals surface area contributed by atoms with Gasteiger partial charge in [0.25, 0.3) is 0 Å². The van der Waals surface area contributed by atoms with Crippen LogP contribution in [0, 0.1) is 0 Å². The molecule has 0 radical (unpaired) electrons. The normalized spacial score (nSPS) is 23.2. The lowest BCUT2D eigenvalue weighted by atomic mass is 9.97. The molecule has 3 rings (SSSR count). The summed E-state index contributed by atoms with van der Waals surface area (Å²) in [7, 11) is 0. The highest BCUT2D eigenvalue weighted by Crippen LogP contribution is 2.43. The van der Waals surface area contributed by atoms with Gasteiger partial charge in [-0.25, -0.2) is 0 Å². The second-order valence-corrected chi connectivity index (χ2v) is 6.14. The van der Waals surface area contributed by atoms with Crippen molar-refractivity contribution in [1.29, 1.82) is 0 Å². The van der Waals surface area contributed by atoms with Gasteiger partial charge in [-0.2, -0.15) is 0 Å². The van der Waals surface area contributed by atoms with Crippen LogP contribution in [0.4, 0.5) is 0 Å². The number of ether oxygens (including phenoxy) is 2. The van der Waals surface area contributed by atoms with Crippen LogP contribution in [-0.4, -0.2) is 11.2 Å². The van der Waals surface area contributed by atoms with E-state index in [2.05, 4.69) is 39.8 Å². The van der Waals surface area contributed by atoms with Crippen molar-refractivity contribution in [1.82, 2.24) is 0 Å². The molecular formula is C14H18O2. The van der Waals surface area contributed by atoms with Crippen LogP contribution in [0.2, 0.25) is 0 Å². The van der Waals surface area contributed by atoms with Crippen LogP contribution in [0.25, 0.3) is 0 Å². The molecule has 0 N–H and O–H groups in total. The van der Waals surface area contributed by atoms with Crippen LogP contribution < -0.4 is 9.47 Å². The Morgan fingerprint density at radius 3 is 1.69 bits per heavy atom. The maximum absolute atomic E-state index is 5.91. The van der Waals surface area contributed by atoms with E-state index in [9.17, 15) is 0 Å². The zero-order valence-electron chi connectivity index (χ0n) is 10.4. The molecule has 1 aromatic carbocycles. The summed E-state index contributed by atoms with van der Waals surface area (Å²) in [4.78, 5) is 0. The van der Waals surface area contributed by atoms with E-state index in [1.165, 1.54) is 11.1 Å². The summed E-state index contributed by atoms with van der Waals surface area (Å²) in [5.41, 5.74) is 2.52. The van der Waals surface area contributed by atoms with Gasteiger partial charge in [0.1, 0.15) is 22.7 Å². The molecule has 0 saturated heterocycles. The molecule has 0 amide bonds. The van der Waals surface area contributed by atoms with Gasteiger partial charge in [0.15, 0.2) is 0 Å². The standard InChI is InChI=1S/C14H18O2/c1-13(2)7-9-5-10-8-14(3,4)16-12(10)6-11(9)15-13/h5-6H,7-8H2,1-4H3. The van der Waals surface area contributed by atoms with Crippen molar-refractivity contribution in [3.8, 4) is 11.5 Å². The van der Waals surface area contributed by atoms with E-state index in [1.807, 2.05) is 0 Å². The summed E-state index contributed by atoms with van der Waals surface area (Å²) in [5, 5.41) is 0. The van der Waals surface area contributed by atoms with E-state index in [-0.39, 0.29) is 11.2 Å². The van der Waals surface area contributed by atoms with Gasteiger partial charge in [-0.1, -0.05) is 0 Å². The molecule has 2 aliphatic rings. The highest BCUT2D eigenvalue weighted by atomic mass is 16.5. The second kappa shape index (κ2) is 2.73. The molecule has 2 nitrogen and oxygen atoms in total. The Labute approximate surface area is 96.6 Å². The minimum absolute atomic E-state index is 0.0626. The topological polar surface area (TPSA) is 18.5 Å². The summed E-state index contributed by atoms with van der Waals surface area (Å²) in [6.07, 6.45) is 1.99. The van der Waals surface area contributed by atoms with Gasteiger partial charge in [0.2, 0.25) is 0 Å². The van der Waals surface area contributed by atoms with Gasteiger partial charge in [0.05, 0.1) is 0 Å². The highest BCUT2D eigenvalue weighted by molar-refractivity contribution is 5.51. The Bertz CT molecular complexity index is 380. The van der Waals surface area contributed by atoms with Crippen molar-refractivity contribution < 1.29 is 9.47 Å². The van der Waals surface area contributed by atoms with Crippen LogP contribution >= 0.6 is 0 Å². The van der Waals surface area contributed by atoms with Crippen LogP contribution in [0.3, 0.4) is 0 Å². The summed E-state index contributed by atoms with van der Waals surface area (Å²) in [5.74, 6) is 2.00. The van der Waals surface area contributed by atoms with E-state index in [0.29, 0.717) is 0 Å². The van der Waals surface area contributed by atoms with E-state index >= 15 is 0 Å². The lowest BCUT2D eigenvalue weighted by Crippen LogP contribution is -2.25. The minimum atomic E-state index is -0.0626. The zero-order valence-corrected chi connectivity index (χ0v) is 10.4. The maximum Gasteiger partial charge on any atom is 0.127 e. The summed E-state index contributed by atoms with van der Waals surface area (Å²) in [6, 6.07) is 4.32. The van der Waals surface area contributed by atoms with Gasteiger partial charge < -0.3 is 9.47 Å². The minimum Gasteiger partial charge on any atom is -0.487 e. The van der Waals surface area contributed by atoms with Crippen LogP contribution in [0.1, 0.15) is 38.8 Å². The van der Waals surface area contributed by atoms with Crippen LogP contribution in [0.5, 0.6) is 11.5 Å². The quantitative estimate of drug-likeness (QED) is 0.666. The fourth-order valence-corrected chi connectivity index (χ4v) is 2.71. The largest absolute Gasteiger partial charge is 0.487 e. The molecule has 0 bridgehead atoms. The van der Waals surface area contributed by atoms with Crippen molar-refractivity contribution in [2.24, 2.45) is 0 Å². The summed E-state index contributed by atoms with van der Waals surface area (Å²) in [6.45, 7) is 8.51. The van der Waals surface area contributed by atoms with Gasteiger partial charge >= 0.3 is 0 Å². The molecular weight excluding hydrogens is 200 g/mol. The smallest absolute Gasteiger partial charge is 0.127 e. The number of rotatable bonds is 0. The molecule has 0 fully saturated rings. The molecule has 2 heterocycles. The Morgan fingerprint density at radius 1 is 0.812 bits per heavy atom. The van der Waals surface area contributed by atoms with Crippen molar-refractivity contribution in [2.75, 3.05) is 0 Å². The van der Waals surface area contributed by atoms with Crippen molar-refractivity contribution in [2.45, 2.75) is 51.7 Å². The lowest BCUT2D eigenvalue weighted by molar-refractivity contribution is 0.131. The van der Waals surface area contributed by atoms with Gasteiger partial charge in [0, 0.05) is 18.9 Å². The molecule has 0 saturated carbocycles. The number of hydrogen-bond acceptors (Lipinski definition) is 2. The van der Waals surface area contributed by atoms with E-state index < -0.39 is 0 Å². The maximum atomic E-state index is 5.91. The summed E-state index contributed by atoms with van der Waals surface area (Å²) >= 11 is 0. The van der Waals surface area contributed by atoms with Gasteiger partial charge in [-0.05, 0) is 44.9 Å². The van der Waals surface area contributed by atoms with Crippen LogP contribution in [-0.2, 0) is 12.8 Å². The molecule has 86 valence electrons. The Balaban J connectivity index is 2.02. The Kier molecular flexibility index (Phi) is 1.71. The van der Waals surface area contributed by atoms with E-state index in [0.717, 1.165) is 24.3 Å². The van der Waals surface area contributed by atoms with Crippen molar-refractivity contribution >= 4 is 0 Å². The SMILES string of the molecule is CC1(C)Cc2cc3c(cc2O1)OC(C)(C)C3. The fraction of sp³-hybridized carbons (Fsp3) is 0.571. The van der Waals surface area contributed by atoms with E-state index in [1.54, 1.807) is 0 Å². The molecule has 0 unspecified atom stereocenters. The highest BCUT2D eigenvalue weighted by Gasteiger charge is 2.35. The second-order valence-electron chi connectivity index (χ2n) is 6.14.